The third-order valence-electron chi connectivity index (χ3n) is 5.54. The molecule has 0 heterocycles. The predicted molar refractivity (Wildman–Crippen MR) is 84.4 cm³/mol. The summed E-state index contributed by atoms with van der Waals surface area (Å²) >= 11 is 0. The Labute approximate surface area is 122 Å². The van der Waals surface area contributed by atoms with E-state index in [2.05, 4.69) is 45.5 Å². The number of aliphatic hydroxyl groups excluding tert-OH is 1. The zero-order valence-corrected chi connectivity index (χ0v) is 13.0. The first-order valence-corrected chi connectivity index (χ1v) is 7.94. The van der Waals surface area contributed by atoms with Crippen molar-refractivity contribution in [3.8, 4) is 0 Å². The second-order valence-corrected chi connectivity index (χ2v) is 7.34. The molecule has 1 N–H and O–H groups in total. The van der Waals surface area contributed by atoms with Gasteiger partial charge in [-0.25, -0.2) is 0 Å². The van der Waals surface area contributed by atoms with Crippen LogP contribution in [-0.2, 0) is 10.8 Å². The maximum Gasteiger partial charge on any atom is 0.0956 e. The lowest BCUT2D eigenvalue weighted by Crippen LogP contribution is -2.20. The normalized spacial score (nSPS) is 20.8. The highest BCUT2D eigenvalue weighted by molar-refractivity contribution is 5.47. The van der Waals surface area contributed by atoms with Gasteiger partial charge in [-0.3, -0.25) is 0 Å². The van der Waals surface area contributed by atoms with E-state index in [-0.39, 0.29) is 10.8 Å². The maximum absolute atomic E-state index is 9.94. The summed E-state index contributed by atoms with van der Waals surface area (Å²) in [5.41, 5.74) is 4.37. The van der Waals surface area contributed by atoms with Gasteiger partial charge in [-0.15, -0.1) is 0 Å². The zero-order valence-electron chi connectivity index (χ0n) is 13.0. The number of hydrogen-bond acceptors (Lipinski definition) is 1. The van der Waals surface area contributed by atoms with E-state index in [0.717, 1.165) is 25.2 Å². The molecule has 1 aromatic rings. The smallest absolute Gasteiger partial charge is 0.0956 e. The number of benzene rings is 1. The van der Waals surface area contributed by atoms with Gasteiger partial charge in [0.25, 0.3) is 0 Å². The minimum Gasteiger partial charge on any atom is -0.512 e. The Morgan fingerprint density at radius 3 is 2.45 bits per heavy atom. The van der Waals surface area contributed by atoms with E-state index in [4.69, 9.17) is 0 Å². The first-order chi connectivity index (χ1) is 9.40. The monoisotopic (exact) mass is 270 g/mol. The van der Waals surface area contributed by atoms with E-state index in [0.29, 0.717) is 5.76 Å². The largest absolute Gasteiger partial charge is 0.512 e. The van der Waals surface area contributed by atoms with Crippen molar-refractivity contribution in [1.29, 1.82) is 0 Å². The molecule has 0 bridgehead atoms. The van der Waals surface area contributed by atoms with Gasteiger partial charge in [-0.2, -0.15) is 0 Å². The Morgan fingerprint density at radius 2 is 2.00 bits per heavy atom. The van der Waals surface area contributed by atoms with Gasteiger partial charge < -0.3 is 5.11 Å². The Balaban J connectivity index is 2.08. The Kier molecular flexibility index (Phi) is 3.00. The molecule has 108 valence electrons. The molecule has 0 amide bonds. The van der Waals surface area contributed by atoms with Gasteiger partial charge in [0.1, 0.15) is 0 Å². The molecule has 2 aliphatic rings. The second kappa shape index (κ2) is 4.38. The van der Waals surface area contributed by atoms with Crippen molar-refractivity contribution in [2.45, 2.75) is 69.6 Å². The molecular formula is C19H26O. The van der Waals surface area contributed by atoms with Gasteiger partial charge >= 0.3 is 0 Å². The van der Waals surface area contributed by atoms with Crippen molar-refractivity contribution in [3.63, 3.8) is 0 Å². The number of allylic oxidation sites excluding steroid dienone is 1. The molecular weight excluding hydrogens is 244 g/mol. The van der Waals surface area contributed by atoms with Crippen LogP contribution in [0.5, 0.6) is 0 Å². The Morgan fingerprint density at radius 1 is 1.35 bits per heavy atom. The third kappa shape index (κ3) is 2.08. The Hall–Kier alpha value is -1.24. The standard InChI is InChI=1S/C19H26O/c1-5-18(3,4)17-12-15(19(10-11-19)13(2)20)8-9-16(17)14-6-7-14/h8-9,12,14,20H,2,5-7,10-11H2,1,3-4H3. The van der Waals surface area contributed by atoms with Gasteiger partial charge in [0.15, 0.2) is 0 Å². The van der Waals surface area contributed by atoms with Crippen LogP contribution in [0, 0.1) is 0 Å². The second-order valence-electron chi connectivity index (χ2n) is 7.34. The van der Waals surface area contributed by atoms with Crippen molar-refractivity contribution in [3.05, 3.63) is 47.2 Å². The van der Waals surface area contributed by atoms with Crippen LogP contribution in [0.25, 0.3) is 0 Å². The quantitative estimate of drug-likeness (QED) is 0.715. The van der Waals surface area contributed by atoms with E-state index in [1.807, 2.05) is 0 Å². The summed E-state index contributed by atoms with van der Waals surface area (Å²) in [6.07, 6.45) is 5.89. The van der Waals surface area contributed by atoms with E-state index in [1.165, 1.54) is 24.0 Å². The van der Waals surface area contributed by atoms with E-state index in [1.54, 1.807) is 5.56 Å². The summed E-state index contributed by atoms with van der Waals surface area (Å²) in [4.78, 5) is 0. The number of hydrogen-bond donors (Lipinski definition) is 1. The van der Waals surface area contributed by atoms with Crippen LogP contribution >= 0.6 is 0 Å². The van der Waals surface area contributed by atoms with Crippen LogP contribution in [-0.4, -0.2) is 5.11 Å². The van der Waals surface area contributed by atoms with E-state index < -0.39 is 0 Å². The lowest BCUT2D eigenvalue weighted by Gasteiger charge is -2.28. The van der Waals surface area contributed by atoms with Gasteiger partial charge in [-0.05, 0) is 60.1 Å². The van der Waals surface area contributed by atoms with Crippen molar-refractivity contribution in [2.24, 2.45) is 0 Å². The topological polar surface area (TPSA) is 20.2 Å². The molecule has 0 aliphatic heterocycles. The molecule has 0 unspecified atom stereocenters. The molecule has 2 fully saturated rings. The summed E-state index contributed by atoms with van der Waals surface area (Å²) in [6, 6.07) is 6.92. The first-order valence-electron chi connectivity index (χ1n) is 7.94. The molecule has 3 rings (SSSR count). The molecule has 0 saturated heterocycles. The molecule has 0 atom stereocenters. The summed E-state index contributed by atoms with van der Waals surface area (Å²) in [5, 5.41) is 9.94. The third-order valence-corrected chi connectivity index (χ3v) is 5.54. The average molecular weight is 270 g/mol. The lowest BCUT2D eigenvalue weighted by molar-refractivity contribution is 0.361. The van der Waals surface area contributed by atoms with Crippen LogP contribution in [0.4, 0.5) is 0 Å². The lowest BCUT2D eigenvalue weighted by atomic mass is 9.76. The highest BCUT2D eigenvalue weighted by atomic mass is 16.3. The Bertz CT molecular complexity index is 545. The van der Waals surface area contributed by atoms with Crippen LogP contribution in [0.15, 0.2) is 30.5 Å². The minimum atomic E-state index is -0.138. The number of rotatable bonds is 5. The fourth-order valence-corrected chi connectivity index (χ4v) is 3.25. The maximum atomic E-state index is 9.94. The molecule has 2 aliphatic carbocycles. The van der Waals surface area contributed by atoms with Gasteiger partial charge in [0, 0.05) is 0 Å². The van der Waals surface area contributed by atoms with Crippen molar-refractivity contribution in [1.82, 2.24) is 0 Å². The van der Waals surface area contributed by atoms with E-state index >= 15 is 0 Å². The first kappa shape index (κ1) is 13.7. The van der Waals surface area contributed by atoms with E-state index in [9.17, 15) is 5.11 Å². The van der Waals surface area contributed by atoms with Gasteiger partial charge in [0.2, 0.25) is 0 Å². The van der Waals surface area contributed by atoms with Crippen molar-refractivity contribution < 1.29 is 5.11 Å². The molecule has 0 radical (unpaired) electrons. The zero-order chi connectivity index (χ0) is 14.5. The summed E-state index contributed by atoms with van der Waals surface area (Å²) in [6.45, 7) is 10.7. The molecule has 0 aromatic heterocycles. The molecule has 1 nitrogen and oxygen atoms in total. The molecule has 1 aromatic carbocycles. The highest BCUT2D eigenvalue weighted by Crippen LogP contribution is 2.54. The molecule has 2 saturated carbocycles. The van der Waals surface area contributed by atoms with Crippen LogP contribution in [0.2, 0.25) is 0 Å². The predicted octanol–water partition coefficient (Wildman–Crippen LogP) is 5.35. The van der Waals surface area contributed by atoms with Gasteiger partial charge in [0.05, 0.1) is 11.2 Å². The fourth-order valence-electron chi connectivity index (χ4n) is 3.25. The van der Waals surface area contributed by atoms with Crippen LogP contribution in [0.1, 0.15) is 75.5 Å². The van der Waals surface area contributed by atoms with Crippen molar-refractivity contribution >= 4 is 0 Å². The van der Waals surface area contributed by atoms with Gasteiger partial charge in [-0.1, -0.05) is 45.5 Å². The minimum absolute atomic E-state index is 0.138. The molecule has 0 spiro atoms. The summed E-state index contributed by atoms with van der Waals surface area (Å²) in [7, 11) is 0. The van der Waals surface area contributed by atoms with Crippen LogP contribution < -0.4 is 0 Å². The SMILES string of the molecule is C=C(O)C1(c2ccc(C3CC3)c(C(C)(C)CC)c2)CC1. The average Bonchev–Trinajstić information content (AvgIpc) is 3.30. The number of aliphatic hydroxyl groups is 1. The molecule has 1 heteroatoms. The van der Waals surface area contributed by atoms with Crippen molar-refractivity contribution in [2.75, 3.05) is 0 Å². The summed E-state index contributed by atoms with van der Waals surface area (Å²) < 4.78 is 0. The highest BCUT2D eigenvalue weighted by Gasteiger charge is 2.48. The van der Waals surface area contributed by atoms with Crippen LogP contribution in [0.3, 0.4) is 0 Å². The summed E-state index contributed by atoms with van der Waals surface area (Å²) in [5.74, 6) is 1.12. The fraction of sp³-hybridized carbons (Fsp3) is 0.579. The molecule has 20 heavy (non-hydrogen) atoms.